The molecule has 86 valence electrons. The predicted octanol–water partition coefficient (Wildman–Crippen LogP) is 2.76. The second-order valence-corrected chi connectivity index (χ2v) is 4.34. The lowest BCUT2D eigenvalue weighted by Gasteiger charge is -2.25. The van der Waals surface area contributed by atoms with Gasteiger partial charge in [0.15, 0.2) is 0 Å². The van der Waals surface area contributed by atoms with Crippen molar-refractivity contribution in [3.8, 4) is 0 Å². The van der Waals surface area contributed by atoms with Crippen molar-refractivity contribution in [2.75, 3.05) is 0 Å². The zero-order valence-electron chi connectivity index (χ0n) is 9.53. The van der Waals surface area contributed by atoms with Gasteiger partial charge in [0.1, 0.15) is 0 Å². The lowest BCUT2D eigenvalue weighted by molar-refractivity contribution is -0.136. The summed E-state index contributed by atoms with van der Waals surface area (Å²) >= 11 is 0. The van der Waals surface area contributed by atoms with Crippen molar-refractivity contribution in [3.05, 3.63) is 11.6 Å². The van der Waals surface area contributed by atoms with E-state index in [1.807, 2.05) is 6.08 Å². The van der Waals surface area contributed by atoms with E-state index < -0.39 is 5.97 Å². The van der Waals surface area contributed by atoms with E-state index in [0.29, 0.717) is 12.2 Å². The molecule has 0 bridgehead atoms. The van der Waals surface area contributed by atoms with Crippen molar-refractivity contribution >= 4 is 5.97 Å². The van der Waals surface area contributed by atoms with Crippen LogP contribution in [0.3, 0.4) is 0 Å². The van der Waals surface area contributed by atoms with E-state index in [-0.39, 0.29) is 6.42 Å². The molecule has 1 aliphatic rings. The van der Waals surface area contributed by atoms with E-state index in [4.69, 9.17) is 9.84 Å². The first-order valence-electron chi connectivity index (χ1n) is 5.63. The van der Waals surface area contributed by atoms with Crippen LogP contribution in [0.4, 0.5) is 0 Å². The molecule has 0 aromatic rings. The average molecular weight is 212 g/mol. The van der Waals surface area contributed by atoms with Crippen LogP contribution in [0.15, 0.2) is 11.6 Å². The highest BCUT2D eigenvalue weighted by atomic mass is 16.5. The predicted molar refractivity (Wildman–Crippen MR) is 58.8 cm³/mol. The molecule has 1 fully saturated rings. The smallest absolute Gasteiger partial charge is 0.307 e. The second-order valence-electron chi connectivity index (χ2n) is 4.34. The van der Waals surface area contributed by atoms with Crippen LogP contribution >= 0.6 is 0 Å². The summed E-state index contributed by atoms with van der Waals surface area (Å²) in [7, 11) is 0. The number of aliphatic carboxylic acids is 1. The highest BCUT2D eigenvalue weighted by Crippen LogP contribution is 2.26. The molecule has 3 nitrogen and oxygen atoms in total. The third-order valence-electron chi connectivity index (χ3n) is 2.60. The van der Waals surface area contributed by atoms with Gasteiger partial charge in [-0.25, -0.2) is 0 Å². The largest absolute Gasteiger partial charge is 0.481 e. The fraction of sp³-hybridized carbons (Fsp3) is 0.750. The summed E-state index contributed by atoms with van der Waals surface area (Å²) in [6.45, 7) is 4.10. The molecule has 0 heterocycles. The van der Waals surface area contributed by atoms with E-state index in [9.17, 15) is 4.79 Å². The van der Waals surface area contributed by atoms with Gasteiger partial charge in [-0.05, 0) is 39.5 Å². The first kappa shape index (κ1) is 12.2. The fourth-order valence-corrected chi connectivity index (χ4v) is 1.92. The number of carboxylic acids is 1. The quantitative estimate of drug-likeness (QED) is 0.729. The summed E-state index contributed by atoms with van der Waals surface area (Å²) in [5.74, 6) is -0.747. The fourth-order valence-electron chi connectivity index (χ4n) is 1.92. The summed E-state index contributed by atoms with van der Waals surface area (Å²) in [6, 6.07) is 0. The SMILES string of the molecule is CC(C)OC1CCC(=CCC(=O)O)CC1. The monoisotopic (exact) mass is 212 g/mol. The molecular formula is C12H20O3. The highest BCUT2D eigenvalue weighted by Gasteiger charge is 2.17. The van der Waals surface area contributed by atoms with Gasteiger partial charge >= 0.3 is 5.97 Å². The summed E-state index contributed by atoms with van der Waals surface area (Å²) in [5, 5.41) is 8.55. The number of carbonyl (C=O) groups is 1. The third-order valence-corrected chi connectivity index (χ3v) is 2.60. The van der Waals surface area contributed by atoms with Gasteiger partial charge < -0.3 is 9.84 Å². The summed E-state index contributed by atoms with van der Waals surface area (Å²) < 4.78 is 5.72. The van der Waals surface area contributed by atoms with Crippen LogP contribution in [0.2, 0.25) is 0 Å². The molecule has 0 amide bonds. The third kappa shape index (κ3) is 4.98. The molecule has 0 aromatic heterocycles. The normalized spacial score (nSPS) is 21.8. The van der Waals surface area contributed by atoms with Crippen molar-refractivity contribution < 1.29 is 14.6 Å². The Morgan fingerprint density at radius 1 is 1.53 bits per heavy atom. The lowest BCUT2D eigenvalue weighted by atomic mass is 9.92. The minimum Gasteiger partial charge on any atom is -0.481 e. The van der Waals surface area contributed by atoms with Crippen LogP contribution in [0.1, 0.15) is 46.0 Å². The van der Waals surface area contributed by atoms with Gasteiger partial charge in [0, 0.05) is 0 Å². The average Bonchev–Trinajstić information content (AvgIpc) is 2.16. The van der Waals surface area contributed by atoms with Gasteiger partial charge in [-0.2, -0.15) is 0 Å². The maximum atomic E-state index is 10.4. The Kier molecular flexibility index (Phi) is 4.82. The zero-order valence-corrected chi connectivity index (χ0v) is 9.53. The molecule has 0 spiro atoms. The van der Waals surface area contributed by atoms with Crippen molar-refractivity contribution in [2.24, 2.45) is 0 Å². The standard InChI is InChI=1S/C12H20O3/c1-9(2)15-11-6-3-10(4-7-11)5-8-12(13)14/h5,9,11H,3-4,6-8H2,1-2H3,(H,13,14). The zero-order chi connectivity index (χ0) is 11.3. The molecule has 1 rings (SSSR count). The first-order chi connectivity index (χ1) is 7.08. The van der Waals surface area contributed by atoms with Crippen molar-refractivity contribution in [1.82, 2.24) is 0 Å². The van der Waals surface area contributed by atoms with Crippen molar-refractivity contribution in [3.63, 3.8) is 0 Å². The molecule has 15 heavy (non-hydrogen) atoms. The number of rotatable bonds is 4. The van der Waals surface area contributed by atoms with E-state index in [1.165, 1.54) is 5.57 Å². The molecule has 0 aliphatic heterocycles. The topological polar surface area (TPSA) is 46.5 Å². The van der Waals surface area contributed by atoms with Crippen LogP contribution in [-0.2, 0) is 9.53 Å². The molecule has 1 aliphatic carbocycles. The molecule has 0 radical (unpaired) electrons. The number of ether oxygens (including phenoxy) is 1. The van der Waals surface area contributed by atoms with Crippen LogP contribution in [-0.4, -0.2) is 23.3 Å². The molecule has 0 saturated heterocycles. The summed E-state index contributed by atoms with van der Waals surface area (Å²) in [4.78, 5) is 10.4. The summed E-state index contributed by atoms with van der Waals surface area (Å²) in [6.07, 6.45) is 6.72. The Morgan fingerprint density at radius 2 is 2.13 bits per heavy atom. The Labute approximate surface area is 91.1 Å². The number of hydrogen-bond acceptors (Lipinski definition) is 2. The number of carboxylic acid groups (broad SMARTS) is 1. The molecule has 0 unspecified atom stereocenters. The molecule has 1 saturated carbocycles. The maximum absolute atomic E-state index is 10.4. The van der Waals surface area contributed by atoms with Crippen LogP contribution in [0, 0.1) is 0 Å². The van der Waals surface area contributed by atoms with Crippen molar-refractivity contribution in [1.29, 1.82) is 0 Å². The van der Waals surface area contributed by atoms with Gasteiger partial charge in [-0.1, -0.05) is 11.6 Å². The molecular weight excluding hydrogens is 192 g/mol. The van der Waals surface area contributed by atoms with Crippen LogP contribution in [0.25, 0.3) is 0 Å². The Bertz CT molecular complexity index is 233. The second kappa shape index (κ2) is 5.91. The lowest BCUT2D eigenvalue weighted by Crippen LogP contribution is -2.21. The van der Waals surface area contributed by atoms with Crippen molar-refractivity contribution in [2.45, 2.75) is 58.2 Å². The summed E-state index contributed by atoms with van der Waals surface area (Å²) in [5.41, 5.74) is 1.28. The van der Waals surface area contributed by atoms with Gasteiger partial charge in [-0.3, -0.25) is 4.79 Å². The van der Waals surface area contributed by atoms with Gasteiger partial charge in [0.25, 0.3) is 0 Å². The van der Waals surface area contributed by atoms with Gasteiger partial charge in [0.05, 0.1) is 18.6 Å². The minimum atomic E-state index is -0.747. The van der Waals surface area contributed by atoms with Gasteiger partial charge in [-0.15, -0.1) is 0 Å². The molecule has 0 aromatic carbocycles. The van der Waals surface area contributed by atoms with Crippen LogP contribution < -0.4 is 0 Å². The Hall–Kier alpha value is -0.830. The Morgan fingerprint density at radius 3 is 2.60 bits per heavy atom. The highest BCUT2D eigenvalue weighted by molar-refractivity contribution is 5.68. The Balaban J connectivity index is 2.29. The van der Waals surface area contributed by atoms with E-state index >= 15 is 0 Å². The van der Waals surface area contributed by atoms with Gasteiger partial charge in [0.2, 0.25) is 0 Å². The van der Waals surface area contributed by atoms with E-state index in [0.717, 1.165) is 25.7 Å². The number of allylic oxidation sites excluding steroid dienone is 1. The molecule has 3 heteroatoms. The van der Waals surface area contributed by atoms with Crippen LogP contribution in [0.5, 0.6) is 0 Å². The molecule has 0 atom stereocenters. The first-order valence-corrected chi connectivity index (χ1v) is 5.63. The maximum Gasteiger partial charge on any atom is 0.307 e. The number of hydrogen-bond donors (Lipinski definition) is 1. The molecule has 1 N–H and O–H groups in total. The van der Waals surface area contributed by atoms with E-state index in [1.54, 1.807) is 0 Å². The van der Waals surface area contributed by atoms with E-state index in [2.05, 4.69) is 13.8 Å². The minimum absolute atomic E-state index is 0.158.